The Labute approximate surface area is 127 Å². The van der Waals surface area contributed by atoms with Crippen molar-refractivity contribution in [2.75, 3.05) is 25.0 Å². The van der Waals surface area contributed by atoms with E-state index < -0.39 is 0 Å². The van der Waals surface area contributed by atoms with Crippen molar-refractivity contribution in [2.45, 2.75) is 32.7 Å². The zero-order valence-corrected chi connectivity index (χ0v) is 13.3. The Morgan fingerprint density at radius 3 is 2.48 bits per heavy atom. The molecule has 21 heavy (non-hydrogen) atoms. The van der Waals surface area contributed by atoms with Gasteiger partial charge in [-0.25, -0.2) is 0 Å². The molecule has 1 aromatic carbocycles. The summed E-state index contributed by atoms with van der Waals surface area (Å²) in [5, 5.41) is 2.92. The summed E-state index contributed by atoms with van der Waals surface area (Å²) in [7, 11) is 2.07. The molecular formula is C17H27N3O. The fourth-order valence-electron chi connectivity index (χ4n) is 2.52. The number of nitrogens with zero attached hydrogens (tertiary/aromatic N) is 1. The predicted octanol–water partition coefficient (Wildman–Crippen LogP) is 2.25. The van der Waals surface area contributed by atoms with Crippen molar-refractivity contribution in [1.82, 2.24) is 5.32 Å². The Hall–Kier alpha value is -1.55. The second-order valence-electron chi connectivity index (χ2n) is 6.53. The van der Waals surface area contributed by atoms with E-state index in [1.807, 2.05) is 24.3 Å². The first-order valence-electron chi connectivity index (χ1n) is 7.82. The van der Waals surface area contributed by atoms with Crippen LogP contribution in [0.25, 0.3) is 0 Å². The molecule has 1 aliphatic carbocycles. The Morgan fingerprint density at radius 2 is 1.95 bits per heavy atom. The second kappa shape index (κ2) is 6.94. The molecule has 1 aliphatic rings. The zero-order chi connectivity index (χ0) is 15.4. The normalized spacial score (nSPS) is 15.9. The fraction of sp³-hybridized carbons (Fsp3) is 0.588. The number of anilines is 1. The third-order valence-electron chi connectivity index (χ3n) is 3.94. The summed E-state index contributed by atoms with van der Waals surface area (Å²) in [6.45, 7) is 5.96. The monoisotopic (exact) mass is 289 g/mol. The minimum absolute atomic E-state index is 0.0378. The maximum absolute atomic E-state index is 12.1. The van der Waals surface area contributed by atoms with E-state index in [-0.39, 0.29) is 11.9 Å². The Bertz CT molecular complexity index is 465. The van der Waals surface area contributed by atoms with Crippen molar-refractivity contribution >= 4 is 11.6 Å². The van der Waals surface area contributed by atoms with Crippen LogP contribution in [0.5, 0.6) is 0 Å². The van der Waals surface area contributed by atoms with Gasteiger partial charge >= 0.3 is 0 Å². The lowest BCUT2D eigenvalue weighted by atomic mass is 10.1. The molecule has 0 aromatic heterocycles. The molecule has 1 aromatic rings. The van der Waals surface area contributed by atoms with Crippen LogP contribution in [0.1, 0.15) is 37.0 Å². The summed E-state index contributed by atoms with van der Waals surface area (Å²) in [4.78, 5) is 14.3. The van der Waals surface area contributed by atoms with E-state index in [9.17, 15) is 4.79 Å². The van der Waals surface area contributed by atoms with E-state index in [4.69, 9.17) is 5.73 Å². The van der Waals surface area contributed by atoms with E-state index in [1.165, 1.54) is 12.8 Å². The highest BCUT2D eigenvalue weighted by Gasteiger charge is 2.28. The average molecular weight is 289 g/mol. The summed E-state index contributed by atoms with van der Waals surface area (Å²) in [6, 6.07) is 7.86. The van der Waals surface area contributed by atoms with Gasteiger partial charge in [0.1, 0.15) is 0 Å². The first kappa shape index (κ1) is 15.8. The van der Waals surface area contributed by atoms with Crippen molar-refractivity contribution in [3.63, 3.8) is 0 Å². The summed E-state index contributed by atoms with van der Waals surface area (Å²) in [5.41, 5.74) is 7.82. The van der Waals surface area contributed by atoms with Crippen molar-refractivity contribution in [3.8, 4) is 0 Å². The number of benzene rings is 1. The smallest absolute Gasteiger partial charge is 0.251 e. The Kier molecular flexibility index (Phi) is 5.23. The maximum Gasteiger partial charge on any atom is 0.251 e. The third kappa shape index (κ3) is 4.74. The fourth-order valence-corrected chi connectivity index (χ4v) is 2.52. The van der Waals surface area contributed by atoms with Crippen molar-refractivity contribution in [1.29, 1.82) is 0 Å². The third-order valence-corrected chi connectivity index (χ3v) is 3.94. The first-order valence-corrected chi connectivity index (χ1v) is 7.82. The van der Waals surface area contributed by atoms with Crippen LogP contribution in [-0.4, -0.2) is 32.1 Å². The van der Waals surface area contributed by atoms with Gasteiger partial charge in [0, 0.05) is 37.4 Å². The lowest BCUT2D eigenvalue weighted by Crippen LogP contribution is -2.38. The molecule has 3 N–H and O–H groups in total. The van der Waals surface area contributed by atoms with Gasteiger partial charge in [0.2, 0.25) is 0 Å². The van der Waals surface area contributed by atoms with Crippen LogP contribution < -0.4 is 16.0 Å². The molecular weight excluding hydrogens is 262 g/mol. The molecule has 1 atom stereocenters. The number of amides is 1. The number of hydrogen-bond acceptors (Lipinski definition) is 3. The van der Waals surface area contributed by atoms with Gasteiger partial charge in [-0.3, -0.25) is 4.79 Å². The lowest BCUT2D eigenvalue weighted by Gasteiger charge is -2.21. The van der Waals surface area contributed by atoms with Gasteiger partial charge in [0.05, 0.1) is 0 Å². The van der Waals surface area contributed by atoms with Crippen LogP contribution in [0.4, 0.5) is 5.69 Å². The number of rotatable bonds is 7. The zero-order valence-electron chi connectivity index (χ0n) is 13.3. The van der Waals surface area contributed by atoms with Crippen molar-refractivity contribution < 1.29 is 4.79 Å². The summed E-state index contributed by atoms with van der Waals surface area (Å²) in [6.07, 6.45) is 2.40. The van der Waals surface area contributed by atoms with E-state index in [0.29, 0.717) is 23.9 Å². The highest BCUT2D eigenvalue weighted by Crippen LogP contribution is 2.31. The maximum atomic E-state index is 12.1. The molecule has 1 unspecified atom stereocenters. The molecule has 0 saturated heterocycles. The van der Waals surface area contributed by atoms with Crippen LogP contribution >= 0.6 is 0 Å². The highest BCUT2D eigenvalue weighted by molar-refractivity contribution is 5.94. The number of carbonyl (C=O) groups is 1. The average Bonchev–Trinajstić information content (AvgIpc) is 3.28. The highest BCUT2D eigenvalue weighted by atomic mass is 16.1. The quantitative estimate of drug-likeness (QED) is 0.809. The van der Waals surface area contributed by atoms with Crippen LogP contribution in [0.2, 0.25) is 0 Å². The number of hydrogen-bond donors (Lipinski definition) is 2. The standard InChI is InChI=1S/C17H27N3O/c1-12(2)11-20(3)15-8-6-14(7-9-15)17(21)19-10-16(18)13-4-5-13/h6-9,12-13,16H,4-5,10-11,18H2,1-3H3,(H,19,21). The van der Waals surface area contributed by atoms with Crippen molar-refractivity contribution in [3.05, 3.63) is 29.8 Å². The molecule has 0 heterocycles. The van der Waals surface area contributed by atoms with Crippen LogP contribution in [-0.2, 0) is 0 Å². The Balaban J connectivity index is 1.86. The molecule has 4 heteroatoms. The minimum atomic E-state index is -0.0378. The van der Waals surface area contributed by atoms with Crippen molar-refractivity contribution in [2.24, 2.45) is 17.6 Å². The van der Waals surface area contributed by atoms with E-state index in [2.05, 4.69) is 31.1 Å². The first-order chi connectivity index (χ1) is 9.97. The molecule has 4 nitrogen and oxygen atoms in total. The molecule has 0 radical (unpaired) electrons. The number of nitrogens with two attached hydrogens (primary N) is 1. The predicted molar refractivity (Wildman–Crippen MR) is 87.6 cm³/mol. The number of carbonyl (C=O) groups excluding carboxylic acids is 1. The topological polar surface area (TPSA) is 58.4 Å². The van der Waals surface area contributed by atoms with Gasteiger partial charge < -0.3 is 16.0 Å². The molecule has 2 rings (SSSR count). The molecule has 0 bridgehead atoms. The van der Waals surface area contributed by atoms with Gasteiger partial charge in [0.25, 0.3) is 5.91 Å². The minimum Gasteiger partial charge on any atom is -0.374 e. The SMILES string of the molecule is CC(C)CN(C)c1ccc(C(=O)NCC(N)C2CC2)cc1. The van der Waals surface area contributed by atoms with Gasteiger partial charge in [-0.1, -0.05) is 13.8 Å². The lowest BCUT2D eigenvalue weighted by molar-refractivity contribution is 0.0950. The number of nitrogens with one attached hydrogen (secondary N) is 1. The molecule has 116 valence electrons. The van der Waals surface area contributed by atoms with E-state index in [0.717, 1.165) is 12.2 Å². The van der Waals surface area contributed by atoms with Gasteiger partial charge in [-0.2, -0.15) is 0 Å². The summed E-state index contributed by atoms with van der Waals surface area (Å²) < 4.78 is 0. The van der Waals surface area contributed by atoms with Crippen LogP contribution in [0.15, 0.2) is 24.3 Å². The second-order valence-corrected chi connectivity index (χ2v) is 6.53. The molecule has 1 saturated carbocycles. The van der Waals surface area contributed by atoms with Gasteiger partial charge in [-0.15, -0.1) is 0 Å². The molecule has 0 aliphatic heterocycles. The van der Waals surface area contributed by atoms with Gasteiger partial charge in [-0.05, 0) is 48.9 Å². The molecule has 1 amide bonds. The largest absolute Gasteiger partial charge is 0.374 e. The summed E-state index contributed by atoms with van der Waals surface area (Å²) >= 11 is 0. The van der Waals surface area contributed by atoms with Crippen LogP contribution in [0.3, 0.4) is 0 Å². The molecule has 0 spiro atoms. The summed E-state index contributed by atoms with van der Waals surface area (Å²) in [5.74, 6) is 1.18. The van der Waals surface area contributed by atoms with Gasteiger partial charge in [0.15, 0.2) is 0 Å². The molecule has 1 fully saturated rings. The van der Waals surface area contributed by atoms with Crippen LogP contribution in [0, 0.1) is 11.8 Å². The van der Waals surface area contributed by atoms with E-state index in [1.54, 1.807) is 0 Å². The Morgan fingerprint density at radius 1 is 1.33 bits per heavy atom. The van der Waals surface area contributed by atoms with E-state index >= 15 is 0 Å².